The lowest BCUT2D eigenvalue weighted by Crippen LogP contribution is -2.17. The summed E-state index contributed by atoms with van der Waals surface area (Å²) in [6.07, 6.45) is 1.31. The van der Waals surface area contributed by atoms with Gasteiger partial charge in [-0.15, -0.1) is 0 Å². The van der Waals surface area contributed by atoms with E-state index < -0.39 is 16.0 Å². The quantitative estimate of drug-likeness (QED) is 0.377. The molecule has 0 aliphatic rings. The molecule has 1 N–H and O–H groups in total. The van der Waals surface area contributed by atoms with E-state index in [1.165, 1.54) is 24.4 Å². The Labute approximate surface area is 167 Å². The second kappa shape index (κ2) is 8.69. The summed E-state index contributed by atoms with van der Waals surface area (Å²) in [5, 5.41) is 4.39. The van der Waals surface area contributed by atoms with E-state index in [1.54, 1.807) is 60.7 Å². The van der Waals surface area contributed by atoms with Gasteiger partial charge in [-0.1, -0.05) is 41.9 Å². The number of hydrogen-bond donors (Lipinski definition) is 1. The predicted molar refractivity (Wildman–Crippen MR) is 107 cm³/mol. The maximum Gasteiger partial charge on any atom is 0.339 e. The van der Waals surface area contributed by atoms with E-state index in [1.807, 2.05) is 0 Å². The highest BCUT2D eigenvalue weighted by molar-refractivity contribution is 7.87. The molecule has 0 heterocycles. The Morgan fingerprint density at radius 2 is 1.57 bits per heavy atom. The van der Waals surface area contributed by atoms with Crippen molar-refractivity contribution in [1.29, 1.82) is 0 Å². The third-order valence-corrected chi connectivity index (χ3v) is 5.13. The molecule has 0 aliphatic carbocycles. The fourth-order valence-electron chi connectivity index (χ4n) is 2.24. The lowest BCUT2D eigenvalue weighted by atomic mass is 10.2. The molecule has 3 aromatic carbocycles. The van der Waals surface area contributed by atoms with Gasteiger partial charge >= 0.3 is 10.1 Å². The Morgan fingerprint density at radius 3 is 2.29 bits per heavy atom. The number of nitrogens with one attached hydrogen (secondary N) is 1. The van der Waals surface area contributed by atoms with E-state index in [-0.39, 0.29) is 10.6 Å². The molecule has 0 saturated heterocycles. The van der Waals surface area contributed by atoms with Gasteiger partial charge in [-0.05, 0) is 48.5 Å². The Bertz CT molecular complexity index is 1100. The summed E-state index contributed by atoms with van der Waals surface area (Å²) in [6.45, 7) is 0. The van der Waals surface area contributed by atoms with Crippen molar-refractivity contribution in [2.24, 2.45) is 5.10 Å². The minimum Gasteiger partial charge on any atom is -0.378 e. The van der Waals surface area contributed by atoms with Gasteiger partial charge in [0.05, 0.1) is 6.21 Å². The summed E-state index contributed by atoms with van der Waals surface area (Å²) in [5.41, 5.74) is 3.15. The van der Waals surface area contributed by atoms with Crippen LogP contribution in [0.3, 0.4) is 0 Å². The van der Waals surface area contributed by atoms with Crippen LogP contribution < -0.4 is 9.61 Å². The normalized spacial score (nSPS) is 11.3. The fourth-order valence-corrected chi connectivity index (χ4v) is 3.34. The zero-order valence-corrected chi connectivity index (χ0v) is 16.0. The van der Waals surface area contributed by atoms with Crippen LogP contribution in [0.25, 0.3) is 0 Å². The van der Waals surface area contributed by atoms with Gasteiger partial charge in [0.15, 0.2) is 5.75 Å². The highest BCUT2D eigenvalue weighted by atomic mass is 35.5. The van der Waals surface area contributed by atoms with E-state index >= 15 is 0 Å². The van der Waals surface area contributed by atoms with Crippen molar-refractivity contribution in [3.63, 3.8) is 0 Å². The smallest absolute Gasteiger partial charge is 0.339 e. The SMILES string of the molecule is O=C(NN=Cc1ccccc1OS(=O)(=O)c1ccccc1)c1ccc(Cl)cc1. The molecular weight excluding hydrogens is 400 g/mol. The number of hydrazone groups is 1. The van der Waals surface area contributed by atoms with Crippen molar-refractivity contribution in [1.82, 2.24) is 5.43 Å². The maximum absolute atomic E-state index is 12.4. The monoisotopic (exact) mass is 414 g/mol. The lowest BCUT2D eigenvalue weighted by Gasteiger charge is -2.09. The molecule has 0 atom stereocenters. The lowest BCUT2D eigenvalue weighted by molar-refractivity contribution is 0.0955. The van der Waals surface area contributed by atoms with Crippen LogP contribution in [0.2, 0.25) is 5.02 Å². The molecular formula is C20H15ClN2O4S. The van der Waals surface area contributed by atoms with Crippen molar-refractivity contribution in [2.75, 3.05) is 0 Å². The summed E-state index contributed by atoms with van der Waals surface area (Å²) in [4.78, 5) is 12.1. The number of hydrogen-bond acceptors (Lipinski definition) is 5. The van der Waals surface area contributed by atoms with Crippen LogP contribution in [-0.4, -0.2) is 20.5 Å². The third-order valence-electron chi connectivity index (χ3n) is 3.63. The standard InChI is InChI=1S/C20H15ClN2O4S/c21-17-12-10-15(11-13-17)20(24)23-22-14-16-6-4-5-9-19(16)27-28(25,26)18-7-2-1-3-8-18/h1-14H,(H,23,24). The first-order valence-electron chi connectivity index (χ1n) is 8.13. The summed E-state index contributed by atoms with van der Waals surface area (Å²) in [7, 11) is -3.99. The van der Waals surface area contributed by atoms with Crippen molar-refractivity contribution < 1.29 is 17.4 Å². The zero-order chi connectivity index (χ0) is 20.0. The van der Waals surface area contributed by atoms with Gasteiger partial charge in [0.2, 0.25) is 0 Å². The van der Waals surface area contributed by atoms with Crippen LogP contribution in [0, 0.1) is 0 Å². The molecule has 3 rings (SSSR count). The summed E-state index contributed by atoms with van der Waals surface area (Å²) in [5.74, 6) is -0.334. The average Bonchev–Trinajstić information content (AvgIpc) is 2.70. The van der Waals surface area contributed by atoms with Crippen molar-refractivity contribution >= 4 is 33.8 Å². The average molecular weight is 415 g/mol. The first-order chi connectivity index (χ1) is 13.5. The topological polar surface area (TPSA) is 84.8 Å². The van der Waals surface area contributed by atoms with E-state index in [0.717, 1.165) is 0 Å². The fraction of sp³-hybridized carbons (Fsp3) is 0. The van der Waals surface area contributed by atoms with E-state index in [4.69, 9.17) is 15.8 Å². The number of para-hydroxylation sites is 1. The molecule has 0 aliphatic heterocycles. The van der Waals surface area contributed by atoms with Crippen LogP contribution in [0.1, 0.15) is 15.9 Å². The molecule has 0 radical (unpaired) electrons. The number of carbonyl (C=O) groups excluding carboxylic acids is 1. The van der Waals surface area contributed by atoms with Crippen molar-refractivity contribution in [3.05, 3.63) is 95.0 Å². The molecule has 0 bridgehead atoms. The van der Waals surface area contributed by atoms with Crippen LogP contribution in [-0.2, 0) is 10.1 Å². The highest BCUT2D eigenvalue weighted by Gasteiger charge is 2.17. The minimum absolute atomic E-state index is 0.0396. The van der Waals surface area contributed by atoms with Crippen LogP contribution >= 0.6 is 11.6 Å². The first kappa shape index (κ1) is 19.6. The van der Waals surface area contributed by atoms with Gasteiger partial charge < -0.3 is 4.18 Å². The van der Waals surface area contributed by atoms with Crippen molar-refractivity contribution in [3.8, 4) is 5.75 Å². The number of carbonyl (C=O) groups is 1. The second-order valence-corrected chi connectivity index (χ2v) is 7.58. The molecule has 0 unspecified atom stereocenters. The molecule has 28 heavy (non-hydrogen) atoms. The summed E-state index contributed by atoms with van der Waals surface area (Å²) < 4.78 is 30.0. The second-order valence-electron chi connectivity index (χ2n) is 5.59. The summed E-state index contributed by atoms with van der Waals surface area (Å²) >= 11 is 5.79. The van der Waals surface area contributed by atoms with Crippen LogP contribution in [0.15, 0.2) is 88.9 Å². The minimum atomic E-state index is -3.99. The maximum atomic E-state index is 12.4. The van der Waals surface area contributed by atoms with Crippen molar-refractivity contribution in [2.45, 2.75) is 4.90 Å². The number of amides is 1. The van der Waals surface area contributed by atoms with Gasteiger partial charge in [0, 0.05) is 16.1 Å². The Kier molecular flexibility index (Phi) is 6.08. The molecule has 1 amide bonds. The Hall–Kier alpha value is -3.16. The largest absolute Gasteiger partial charge is 0.378 e. The van der Waals surface area contributed by atoms with E-state index in [0.29, 0.717) is 16.1 Å². The molecule has 3 aromatic rings. The Balaban J connectivity index is 1.74. The number of benzene rings is 3. The Morgan fingerprint density at radius 1 is 0.929 bits per heavy atom. The molecule has 0 saturated carbocycles. The van der Waals surface area contributed by atoms with Gasteiger partial charge in [0.25, 0.3) is 5.91 Å². The molecule has 6 nitrogen and oxygen atoms in total. The predicted octanol–water partition coefficient (Wildman–Crippen LogP) is 3.87. The van der Waals surface area contributed by atoms with Gasteiger partial charge in [-0.2, -0.15) is 13.5 Å². The molecule has 8 heteroatoms. The molecule has 142 valence electrons. The van der Waals surface area contributed by atoms with E-state index in [2.05, 4.69) is 10.5 Å². The van der Waals surface area contributed by atoms with Crippen LogP contribution in [0.5, 0.6) is 5.75 Å². The van der Waals surface area contributed by atoms with Gasteiger partial charge in [0.1, 0.15) is 4.90 Å². The third kappa shape index (κ3) is 4.97. The molecule has 0 aromatic heterocycles. The summed E-state index contributed by atoms with van der Waals surface area (Å²) in [6, 6.07) is 20.6. The zero-order valence-electron chi connectivity index (χ0n) is 14.4. The van der Waals surface area contributed by atoms with Gasteiger partial charge in [-0.25, -0.2) is 5.43 Å². The number of nitrogens with zero attached hydrogens (tertiary/aromatic N) is 1. The number of rotatable bonds is 6. The molecule has 0 fully saturated rings. The number of halogens is 1. The highest BCUT2D eigenvalue weighted by Crippen LogP contribution is 2.21. The van der Waals surface area contributed by atoms with Crippen LogP contribution in [0.4, 0.5) is 0 Å². The first-order valence-corrected chi connectivity index (χ1v) is 9.92. The molecule has 0 spiro atoms. The van der Waals surface area contributed by atoms with E-state index in [9.17, 15) is 13.2 Å². The van der Waals surface area contributed by atoms with Gasteiger partial charge in [-0.3, -0.25) is 4.79 Å².